The van der Waals surface area contributed by atoms with E-state index in [2.05, 4.69) is 13.8 Å². The third-order valence-corrected chi connectivity index (χ3v) is 15.8. The maximum absolute atomic E-state index is 12.6. The second-order valence-corrected chi connectivity index (χ2v) is 18.9. The number of ether oxygens (including phenoxy) is 7. The van der Waals surface area contributed by atoms with E-state index in [9.17, 15) is 35.4 Å². The summed E-state index contributed by atoms with van der Waals surface area (Å²) in [4.78, 5) is 12.0. The number of rotatable bonds is 7. The highest BCUT2D eigenvalue weighted by Gasteiger charge is 2.70. The molecule has 7 fully saturated rings. The van der Waals surface area contributed by atoms with Crippen molar-refractivity contribution in [1.29, 1.82) is 0 Å². The number of aliphatic hydroxyl groups is 6. The number of carbonyl (C=O) groups excluding carboxylic acids is 1. The molecule has 312 valence electrons. The van der Waals surface area contributed by atoms with Crippen molar-refractivity contribution in [2.75, 3.05) is 6.61 Å². The Morgan fingerprint density at radius 1 is 0.691 bits per heavy atom. The summed E-state index contributed by atoms with van der Waals surface area (Å²) in [6.07, 6.45) is -1.26. The quantitative estimate of drug-likeness (QED) is 0.162. The molecule has 8 rings (SSSR count). The summed E-state index contributed by atoms with van der Waals surface area (Å²) in [5.74, 6) is 0.174. The lowest BCUT2D eigenvalue weighted by Gasteiger charge is -2.63. The molecule has 3 saturated heterocycles. The molecule has 0 aromatic carbocycles. The fraction of sp³-hybridized carbons (Fsp3) is 0.927. The van der Waals surface area contributed by atoms with Gasteiger partial charge in [-0.1, -0.05) is 13.8 Å². The Hall–Kier alpha value is -1.27. The number of hydrogen-bond donors (Lipinski definition) is 6. The molecule has 55 heavy (non-hydrogen) atoms. The fourth-order valence-electron chi connectivity index (χ4n) is 12.9. The van der Waals surface area contributed by atoms with Gasteiger partial charge in [0.1, 0.15) is 24.9 Å². The lowest BCUT2D eigenvalue weighted by Crippen LogP contribution is -2.62. The molecular formula is C41H64O14. The first-order chi connectivity index (χ1) is 26.0. The maximum atomic E-state index is 12.6. The Balaban J connectivity index is 0.834. The zero-order valence-corrected chi connectivity index (χ0v) is 32.9. The van der Waals surface area contributed by atoms with Crippen molar-refractivity contribution in [2.45, 2.75) is 197 Å². The maximum Gasteiger partial charge on any atom is 0.331 e. The van der Waals surface area contributed by atoms with E-state index in [4.69, 9.17) is 33.2 Å². The van der Waals surface area contributed by atoms with Gasteiger partial charge in [-0.25, -0.2) is 4.79 Å². The Bertz CT molecular complexity index is 1410. The normalized spacial score (nSPS) is 55.5. The second kappa shape index (κ2) is 15.1. The highest BCUT2D eigenvalue weighted by Crippen LogP contribution is 2.70. The molecule has 4 heterocycles. The molecule has 21 atom stereocenters. The van der Waals surface area contributed by atoms with Gasteiger partial charge in [-0.05, 0) is 94.5 Å². The lowest BCUT2D eigenvalue weighted by molar-refractivity contribution is -0.336. The van der Waals surface area contributed by atoms with Gasteiger partial charge in [0.15, 0.2) is 18.9 Å². The highest BCUT2D eigenvalue weighted by atomic mass is 16.7. The fourth-order valence-corrected chi connectivity index (χ4v) is 12.9. The minimum Gasteiger partial charge on any atom is -0.458 e. The summed E-state index contributed by atoms with van der Waals surface area (Å²) in [7, 11) is 0. The van der Waals surface area contributed by atoms with Gasteiger partial charge in [0, 0.05) is 43.1 Å². The molecule has 0 amide bonds. The molecule has 0 spiro atoms. The topological polar surface area (TPSA) is 203 Å². The number of hydrogen-bond acceptors (Lipinski definition) is 14. The van der Waals surface area contributed by atoms with E-state index >= 15 is 0 Å². The number of cyclic esters (lactones) is 1. The van der Waals surface area contributed by atoms with Crippen molar-refractivity contribution >= 4 is 5.97 Å². The summed E-state index contributed by atoms with van der Waals surface area (Å²) in [6, 6.07) is 0. The van der Waals surface area contributed by atoms with Gasteiger partial charge in [0.25, 0.3) is 0 Å². The van der Waals surface area contributed by atoms with E-state index in [0.717, 1.165) is 50.5 Å². The van der Waals surface area contributed by atoms with Crippen LogP contribution in [0.3, 0.4) is 0 Å². The summed E-state index contributed by atoms with van der Waals surface area (Å²) >= 11 is 0. The van der Waals surface area contributed by atoms with Gasteiger partial charge in [-0.3, -0.25) is 0 Å². The monoisotopic (exact) mass is 780 g/mol. The molecular weight excluding hydrogens is 716 g/mol. The van der Waals surface area contributed by atoms with Crippen LogP contribution in [0.2, 0.25) is 0 Å². The van der Waals surface area contributed by atoms with Gasteiger partial charge < -0.3 is 63.8 Å². The molecule has 6 N–H and O–H groups in total. The minimum absolute atomic E-state index is 0.0203. The molecule has 14 nitrogen and oxygen atoms in total. The van der Waals surface area contributed by atoms with Crippen LogP contribution in [0.5, 0.6) is 0 Å². The van der Waals surface area contributed by atoms with Crippen LogP contribution >= 0.6 is 0 Å². The Labute approximate surface area is 323 Å². The summed E-state index contributed by atoms with van der Waals surface area (Å²) < 4.78 is 42.1. The third kappa shape index (κ3) is 7.05. The molecule has 0 aromatic rings. The number of esters is 1. The van der Waals surface area contributed by atoms with E-state index in [-0.39, 0.29) is 55.2 Å². The molecule has 0 unspecified atom stereocenters. The average Bonchev–Trinajstić information content (AvgIpc) is 3.62. The molecule has 4 saturated carbocycles. The summed E-state index contributed by atoms with van der Waals surface area (Å²) in [5, 5.41) is 66.3. The van der Waals surface area contributed by atoms with Crippen LogP contribution in [-0.2, 0) is 38.0 Å². The van der Waals surface area contributed by atoms with Crippen molar-refractivity contribution in [1.82, 2.24) is 0 Å². The van der Waals surface area contributed by atoms with E-state index < -0.39 is 90.9 Å². The van der Waals surface area contributed by atoms with Gasteiger partial charge in [0.2, 0.25) is 0 Å². The first-order valence-electron chi connectivity index (χ1n) is 20.9. The molecule has 8 aliphatic rings. The predicted octanol–water partition coefficient (Wildman–Crippen LogP) is 2.22. The van der Waals surface area contributed by atoms with Crippen molar-refractivity contribution in [3.8, 4) is 0 Å². The van der Waals surface area contributed by atoms with Crippen molar-refractivity contribution in [3.05, 3.63) is 11.6 Å². The number of carbonyl (C=O) groups is 1. The van der Waals surface area contributed by atoms with E-state index in [1.807, 2.05) is 6.92 Å². The second-order valence-electron chi connectivity index (χ2n) is 18.9. The first-order valence-corrected chi connectivity index (χ1v) is 20.9. The van der Waals surface area contributed by atoms with Gasteiger partial charge in [0.05, 0.1) is 54.4 Å². The van der Waals surface area contributed by atoms with Crippen LogP contribution in [0.25, 0.3) is 0 Å². The molecule has 4 aliphatic heterocycles. The molecule has 0 bridgehead atoms. The van der Waals surface area contributed by atoms with Gasteiger partial charge in [-0.15, -0.1) is 0 Å². The smallest absolute Gasteiger partial charge is 0.331 e. The van der Waals surface area contributed by atoms with Crippen molar-refractivity contribution in [3.63, 3.8) is 0 Å². The van der Waals surface area contributed by atoms with Gasteiger partial charge >= 0.3 is 5.97 Å². The van der Waals surface area contributed by atoms with E-state index in [1.165, 1.54) is 6.08 Å². The Morgan fingerprint density at radius 2 is 1.29 bits per heavy atom. The largest absolute Gasteiger partial charge is 0.458 e. The van der Waals surface area contributed by atoms with Crippen LogP contribution < -0.4 is 0 Å². The summed E-state index contributed by atoms with van der Waals surface area (Å²) in [6.45, 7) is 9.98. The Morgan fingerprint density at radius 3 is 1.87 bits per heavy atom. The number of aliphatic hydroxyl groups excluding tert-OH is 5. The molecule has 0 aromatic heterocycles. The van der Waals surface area contributed by atoms with Crippen molar-refractivity contribution in [2.24, 2.45) is 34.5 Å². The minimum atomic E-state index is -1.01. The first kappa shape index (κ1) is 40.5. The zero-order chi connectivity index (χ0) is 39.2. The van der Waals surface area contributed by atoms with Crippen LogP contribution in [0.1, 0.15) is 105 Å². The SMILES string of the molecule is C[C@H]1O[C@@H](O[C@H]2[C@@H](O)C[C@H](O[C@H]3[C@@H](O)C[C@H](O[C@H]4CC[C@@]5(C)[C@H](CC[C@@H]6[C@H]5CC[C@]5(C)[C@@H](C7=CC(=O)OC7)[C@@H](O)C[C@]65O)C4)O[C@@H]3C)O[C@@H]2C)C[C@H](O)[C@@H]1O. The van der Waals surface area contributed by atoms with Crippen LogP contribution in [0.4, 0.5) is 0 Å². The average molecular weight is 781 g/mol. The van der Waals surface area contributed by atoms with Gasteiger partial charge in [-0.2, -0.15) is 0 Å². The molecule has 14 heteroatoms. The van der Waals surface area contributed by atoms with Crippen LogP contribution in [-0.4, -0.2) is 135 Å². The highest BCUT2D eigenvalue weighted by molar-refractivity contribution is 5.85. The molecule has 4 aliphatic carbocycles. The van der Waals surface area contributed by atoms with Crippen molar-refractivity contribution < 1.29 is 68.6 Å². The van der Waals surface area contributed by atoms with Crippen LogP contribution in [0.15, 0.2) is 11.6 Å². The standard InChI is InChI=1S/C41H64O14/c1-19-36(47)27(42)14-33(50-19)54-38-21(3)52-34(16-29(38)44)55-37-20(2)51-32(15-28(37)43)53-24-8-10-39(4)23(13-24)6-7-26-25(39)9-11-40(5)35(22-12-31(46)49-18-22)30(45)17-41(26,40)48/h12,19-21,23-30,32-38,42-45,47-48H,6-11,13-18H2,1-5H3/t19-,20-,21-,23-,24+,25-,26-,27+,28+,29+,30+,32+,33+,34+,35+,36-,37-,38-,39+,40-,41+/m1/s1. The summed E-state index contributed by atoms with van der Waals surface area (Å²) in [5.41, 5.74) is -0.686. The Kier molecular flexibility index (Phi) is 11.1. The zero-order valence-electron chi connectivity index (χ0n) is 32.9. The lowest BCUT2D eigenvalue weighted by atomic mass is 9.43. The predicted molar refractivity (Wildman–Crippen MR) is 193 cm³/mol. The third-order valence-electron chi connectivity index (χ3n) is 15.8. The van der Waals surface area contributed by atoms with Crippen LogP contribution in [0, 0.1) is 34.5 Å². The number of fused-ring (bicyclic) bond motifs is 5. The molecule has 0 radical (unpaired) electrons. The van der Waals surface area contributed by atoms with E-state index in [1.54, 1.807) is 13.8 Å². The van der Waals surface area contributed by atoms with E-state index in [0.29, 0.717) is 18.3 Å².